The minimum Gasteiger partial charge on any atom is -0.490 e. The van der Waals surface area contributed by atoms with Gasteiger partial charge in [-0.15, -0.1) is 0 Å². The molecule has 0 saturated carbocycles. The van der Waals surface area contributed by atoms with Gasteiger partial charge in [0.05, 0.1) is 4.90 Å². The van der Waals surface area contributed by atoms with Gasteiger partial charge in [-0.25, -0.2) is 8.42 Å². The van der Waals surface area contributed by atoms with Crippen LogP contribution < -0.4 is 9.46 Å². The summed E-state index contributed by atoms with van der Waals surface area (Å²) in [6.45, 7) is 3.99. The molecular formula is C19H17NO3S. The smallest absolute Gasteiger partial charge is 0.261 e. The summed E-state index contributed by atoms with van der Waals surface area (Å²) < 4.78 is 33.1. The fourth-order valence-electron chi connectivity index (χ4n) is 2.32. The predicted octanol–water partition coefficient (Wildman–Crippen LogP) is 4.21. The highest BCUT2D eigenvalue weighted by Gasteiger charge is 2.14. The van der Waals surface area contributed by atoms with Crippen LogP contribution in [0.4, 0.5) is 5.69 Å². The summed E-state index contributed by atoms with van der Waals surface area (Å²) in [5.74, 6) is 0.656. The lowest BCUT2D eigenvalue weighted by Crippen LogP contribution is -2.12. The molecule has 0 atom stereocenters. The Labute approximate surface area is 141 Å². The molecule has 0 heterocycles. The molecule has 1 N–H and O–H groups in total. The summed E-state index contributed by atoms with van der Waals surface area (Å²) in [6, 6.07) is 19.5. The van der Waals surface area contributed by atoms with Crippen molar-refractivity contribution >= 4 is 26.5 Å². The molecule has 5 heteroatoms. The van der Waals surface area contributed by atoms with E-state index in [0.717, 1.165) is 10.8 Å². The lowest BCUT2D eigenvalue weighted by molar-refractivity contribution is 0.363. The highest BCUT2D eigenvalue weighted by atomic mass is 32.2. The van der Waals surface area contributed by atoms with E-state index in [9.17, 15) is 8.42 Å². The Hall–Kier alpha value is -2.79. The molecule has 0 aliphatic carbocycles. The van der Waals surface area contributed by atoms with Crippen LogP contribution in [-0.2, 0) is 10.0 Å². The zero-order valence-electron chi connectivity index (χ0n) is 13.0. The van der Waals surface area contributed by atoms with E-state index in [2.05, 4.69) is 11.3 Å². The molecule has 0 fully saturated rings. The minimum absolute atomic E-state index is 0.230. The van der Waals surface area contributed by atoms with Crippen LogP contribution in [0.5, 0.6) is 5.75 Å². The van der Waals surface area contributed by atoms with E-state index in [1.54, 1.807) is 48.5 Å². The van der Waals surface area contributed by atoms with Crippen LogP contribution in [0, 0.1) is 0 Å². The summed E-state index contributed by atoms with van der Waals surface area (Å²) in [5.41, 5.74) is 0.481. The molecule has 0 spiro atoms. The summed E-state index contributed by atoms with van der Waals surface area (Å²) in [5, 5.41) is 1.88. The van der Waals surface area contributed by atoms with E-state index in [-0.39, 0.29) is 4.90 Å². The number of sulfonamides is 1. The van der Waals surface area contributed by atoms with Gasteiger partial charge >= 0.3 is 0 Å². The number of anilines is 1. The van der Waals surface area contributed by atoms with Crippen molar-refractivity contribution < 1.29 is 13.2 Å². The Balaban J connectivity index is 1.83. The zero-order valence-corrected chi connectivity index (χ0v) is 13.8. The molecule has 0 amide bonds. The molecule has 24 heavy (non-hydrogen) atoms. The van der Waals surface area contributed by atoms with E-state index in [4.69, 9.17) is 4.74 Å². The highest BCUT2D eigenvalue weighted by Crippen LogP contribution is 2.22. The Morgan fingerprint density at radius 1 is 0.958 bits per heavy atom. The number of hydrogen-bond donors (Lipinski definition) is 1. The Morgan fingerprint density at radius 2 is 1.67 bits per heavy atom. The first-order chi connectivity index (χ1) is 11.6. The van der Waals surface area contributed by atoms with Gasteiger partial charge in [-0.2, -0.15) is 0 Å². The SMILES string of the molecule is C=CCOc1ccc(NS(=O)(=O)c2ccc3ccccc3c2)cc1. The number of nitrogens with one attached hydrogen (secondary N) is 1. The van der Waals surface area contributed by atoms with Gasteiger partial charge < -0.3 is 4.74 Å². The maximum atomic E-state index is 12.5. The van der Waals surface area contributed by atoms with Gasteiger partial charge in [0.1, 0.15) is 12.4 Å². The lowest BCUT2D eigenvalue weighted by Gasteiger charge is -2.10. The average Bonchev–Trinajstić information content (AvgIpc) is 2.60. The molecule has 3 aromatic rings. The standard InChI is InChI=1S/C19H17NO3S/c1-2-13-23-18-10-8-17(9-11-18)20-24(21,22)19-12-7-15-5-3-4-6-16(15)14-19/h2-12,14,20H,1,13H2. The minimum atomic E-state index is -3.64. The molecule has 0 aliphatic heterocycles. The Kier molecular flexibility index (Phi) is 4.53. The van der Waals surface area contributed by atoms with Gasteiger partial charge in [-0.1, -0.05) is 43.0 Å². The Morgan fingerprint density at radius 3 is 2.38 bits per heavy atom. The second-order valence-corrected chi connectivity index (χ2v) is 6.92. The zero-order chi connectivity index (χ0) is 17.0. The first-order valence-corrected chi connectivity index (χ1v) is 8.92. The first kappa shape index (κ1) is 16.1. The molecule has 0 saturated heterocycles. The molecule has 0 aliphatic rings. The van der Waals surface area contributed by atoms with Crippen molar-refractivity contribution in [2.45, 2.75) is 4.90 Å². The molecular weight excluding hydrogens is 322 g/mol. The monoisotopic (exact) mass is 339 g/mol. The number of fused-ring (bicyclic) bond motifs is 1. The van der Waals surface area contributed by atoms with Gasteiger partial charge in [-0.3, -0.25) is 4.72 Å². The van der Waals surface area contributed by atoms with Crippen molar-refractivity contribution in [1.29, 1.82) is 0 Å². The van der Waals surface area contributed by atoms with Gasteiger partial charge in [0, 0.05) is 5.69 Å². The predicted molar refractivity (Wildman–Crippen MR) is 96.9 cm³/mol. The van der Waals surface area contributed by atoms with Gasteiger partial charge in [0.15, 0.2) is 0 Å². The molecule has 0 unspecified atom stereocenters. The Bertz CT molecular complexity index is 963. The summed E-state index contributed by atoms with van der Waals surface area (Å²) in [4.78, 5) is 0.230. The molecule has 0 bridgehead atoms. The van der Waals surface area contributed by atoms with Crippen molar-refractivity contribution in [3.63, 3.8) is 0 Å². The van der Waals surface area contributed by atoms with Crippen LogP contribution in [0.1, 0.15) is 0 Å². The maximum absolute atomic E-state index is 12.5. The van der Waals surface area contributed by atoms with Crippen LogP contribution >= 0.6 is 0 Å². The fraction of sp³-hybridized carbons (Fsp3) is 0.0526. The van der Waals surface area contributed by atoms with Crippen LogP contribution in [0.25, 0.3) is 10.8 Å². The molecule has 3 aromatic carbocycles. The number of hydrogen-bond acceptors (Lipinski definition) is 3. The summed E-state index contributed by atoms with van der Waals surface area (Å²) >= 11 is 0. The normalized spacial score (nSPS) is 11.2. The molecule has 3 rings (SSSR count). The molecule has 0 aromatic heterocycles. The third-order valence-electron chi connectivity index (χ3n) is 3.51. The number of rotatable bonds is 6. The van der Waals surface area contributed by atoms with Crippen LogP contribution in [0.15, 0.2) is 84.3 Å². The van der Waals surface area contributed by atoms with Gasteiger partial charge in [-0.05, 0) is 47.2 Å². The largest absolute Gasteiger partial charge is 0.490 e. The quantitative estimate of drug-likeness (QED) is 0.685. The van der Waals surface area contributed by atoms with Crippen molar-refractivity contribution in [3.05, 3.63) is 79.4 Å². The second kappa shape index (κ2) is 6.76. The average molecular weight is 339 g/mol. The van der Waals surface area contributed by atoms with E-state index in [1.807, 2.05) is 24.3 Å². The first-order valence-electron chi connectivity index (χ1n) is 7.44. The van der Waals surface area contributed by atoms with Gasteiger partial charge in [0.25, 0.3) is 10.0 Å². The third kappa shape index (κ3) is 3.58. The highest BCUT2D eigenvalue weighted by molar-refractivity contribution is 7.92. The van der Waals surface area contributed by atoms with Crippen molar-refractivity contribution in [2.75, 3.05) is 11.3 Å². The number of ether oxygens (including phenoxy) is 1. The van der Waals surface area contributed by atoms with E-state index in [1.165, 1.54) is 0 Å². The molecule has 0 radical (unpaired) electrons. The van der Waals surface area contributed by atoms with E-state index >= 15 is 0 Å². The summed E-state index contributed by atoms with van der Waals surface area (Å²) in [7, 11) is -3.64. The van der Waals surface area contributed by atoms with Crippen LogP contribution in [-0.4, -0.2) is 15.0 Å². The van der Waals surface area contributed by atoms with E-state index < -0.39 is 10.0 Å². The van der Waals surface area contributed by atoms with Crippen molar-refractivity contribution in [3.8, 4) is 5.75 Å². The van der Waals surface area contributed by atoms with E-state index in [0.29, 0.717) is 18.0 Å². The lowest BCUT2D eigenvalue weighted by atomic mass is 10.1. The summed E-state index contributed by atoms with van der Waals surface area (Å²) in [6.07, 6.45) is 1.65. The molecule has 122 valence electrons. The van der Waals surface area contributed by atoms with Crippen molar-refractivity contribution in [2.24, 2.45) is 0 Å². The van der Waals surface area contributed by atoms with Crippen LogP contribution in [0.2, 0.25) is 0 Å². The third-order valence-corrected chi connectivity index (χ3v) is 4.88. The maximum Gasteiger partial charge on any atom is 0.261 e. The second-order valence-electron chi connectivity index (χ2n) is 5.24. The topological polar surface area (TPSA) is 55.4 Å². The fourth-order valence-corrected chi connectivity index (χ4v) is 3.42. The number of benzene rings is 3. The van der Waals surface area contributed by atoms with Gasteiger partial charge in [0.2, 0.25) is 0 Å². The van der Waals surface area contributed by atoms with Crippen LogP contribution in [0.3, 0.4) is 0 Å². The molecule has 4 nitrogen and oxygen atoms in total. The van der Waals surface area contributed by atoms with Crippen molar-refractivity contribution in [1.82, 2.24) is 0 Å².